The first-order chi connectivity index (χ1) is 7.68. The third-order valence-corrected chi connectivity index (χ3v) is 3.28. The van der Waals surface area contributed by atoms with Gasteiger partial charge < -0.3 is 10.5 Å². The number of halogens is 1. The zero-order valence-corrected chi connectivity index (χ0v) is 9.58. The Bertz CT molecular complexity index is 361. The highest BCUT2D eigenvalue weighted by Gasteiger charge is 2.24. The number of aryl methyl sites for hydroxylation is 1. The van der Waals surface area contributed by atoms with E-state index in [1.165, 1.54) is 6.07 Å². The molecule has 1 aromatic rings. The predicted molar refractivity (Wildman–Crippen MR) is 61.6 cm³/mol. The van der Waals surface area contributed by atoms with Gasteiger partial charge in [-0.2, -0.15) is 0 Å². The number of benzene rings is 1. The molecule has 0 amide bonds. The molecule has 0 spiro atoms. The Morgan fingerprint density at radius 2 is 2.06 bits per heavy atom. The highest BCUT2D eigenvalue weighted by Crippen LogP contribution is 2.29. The van der Waals surface area contributed by atoms with Crippen molar-refractivity contribution in [1.29, 1.82) is 0 Å². The first-order valence-electron chi connectivity index (χ1n) is 5.78. The number of nitrogens with two attached hydrogens (primary N) is 1. The molecule has 1 aromatic carbocycles. The van der Waals surface area contributed by atoms with Crippen molar-refractivity contribution in [3.8, 4) is 0 Å². The van der Waals surface area contributed by atoms with E-state index in [0.29, 0.717) is 11.5 Å². The summed E-state index contributed by atoms with van der Waals surface area (Å²) in [6.45, 7) is 3.44. The zero-order chi connectivity index (χ0) is 11.5. The van der Waals surface area contributed by atoms with Crippen LogP contribution in [0.3, 0.4) is 0 Å². The molecular weight excluding hydrogens is 205 g/mol. The Labute approximate surface area is 95.6 Å². The summed E-state index contributed by atoms with van der Waals surface area (Å²) in [5, 5.41) is 0. The zero-order valence-electron chi connectivity index (χ0n) is 9.58. The van der Waals surface area contributed by atoms with E-state index >= 15 is 0 Å². The lowest BCUT2D eigenvalue weighted by atomic mass is 9.87. The van der Waals surface area contributed by atoms with Gasteiger partial charge in [-0.05, 0) is 31.7 Å². The molecule has 1 unspecified atom stereocenters. The topological polar surface area (TPSA) is 35.2 Å². The average molecular weight is 223 g/mol. The van der Waals surface area contributed by atoms with Crippen LogP contribution in [0.25, 0.3) is 0 Å². The molecule has 16 heavy (non-hydrogen) atoms. The Kier molecular flexibility index (Phi) is 3.56. The molecule has 1 aliphatic heterocycles. The van der Waals surface area contributed by atoms with E-state index in [9.17, 15) is 4.39 Å². The van der Waals surface area contributed by atoms with Crippen molar-refractivity contribution in [1.82, 2.24) is 0 Å². The van der Waals surface area contributed by atoms with Crippen LogP contribution in [-0.4, -0.2) is 13.2 Å². The summed E-state index contributed by atoms with van der Waals surface area (Å²) in [4.78, 5) is 0. The molecule has 0 saturated carbocycles. The number of ether oxygens (including phenoxy) is 1. The third-order valence-electron chi connectivity index (χ3n) is 3.28. The molecule has 1 saturated heterocycles. The molecule has 2 rings (SSSR count). The maximum atomic E-state index is 13.7. The van der Waals surface area contributed by atoms with Crippen LogP contribution in [0, 0.1) is 18.7 Å². The predicted octanol–water partition coefficient (Wildman–Crippen LogP) is 2.56. The minimum atomic E-state index is -0.205. The summed E-state index contributed by atoms with van der Waals surface area (Å²) in [5.41, 5.74) is 7.84. The lowest BCUT2D eigenvalue weighted by molar-refractivity contribution is 0.0580. The van der Waals surface area contributed by atoms with Gasteiger partial charge in [-0.1, -0.05) is 17.7 Å². The second-order valence-corrected chi connectivity index (χ2v) is 4.50. The van der Waals surface area contributed by atoms with Crippen molar-refractivity contribution >= 4 is 0 Å². The average Bonchev–Trinajstić information content (AvgIpc) is 2.32. The first-order valence-corrected chi connectivity index (χ1v) is 5.78. The summed E-state index contributed by atoms with van der Waals surface area (Å²) < 4.78 is 19.0. The van der Waals surface area contributed by atoms with Crippen molar-refractivity contribution in [2.45, 2.75) is 25.8 Å². The van der Waals surface area contributed by atoms with Gasteiger partial charge in [0.1, 0.15) is 5.82 Å². The van der Waals surface area contributed by atoms with Crippen LogP contribution >= 0.6 is 0 Å². The lowest BCUT2D eigenvalue weighted by Gasteiger charge is -2.28. The van der Waals surface area contributed by atoms with E-state index in [4.69, 9.17) is 10.5 Å². The van der Waals surface area contributed by atoms with Gasteiger partial charge in [-0.25, -0.2) is 4.39 Å². The molecule has 1 aliphatic rings. The van der Waals surface area contributed by atoms with Gasteiger partial charge in [0.25, 0.3) is 0 Å². The normalized spacial score (nSPS) is 19.7. The third kappa shape index (κ3) is 2.42. The molecule has 2 N–H and O–H groups in total. The quantitative estimate of drug-likeness (QED) is 0.836. The van der Waals surface area contributed by atoms with E-state index in [0.717, 1.165) is 31.6 Å². The van der Waals surface area contributed by atoms with Crippen LogP contribution in [0.5, 0.6) is 0 Å². The minimum Gasteiger partial charge on any atom is -0.381 e. The fourth-order valence-electron chi connectivity index (χ4n) is 2.25. The summed E-state index contributed by atoms with van der Waals surface area (Å²) >= 11 is 0. The molecular formula is C13H18FNO. The summed E-state index contributed by atoms with van der Waals surface area (Å²) in [6.07, 6.45) is 1.85. The highest BCUT2D eigenvalue weighted by atomic mass is 19.1. The molecule has 1 atom stereocenters. The minimum absolute atomic E-state index is 0.190. The van der Waals surface area contributed by atoms with Crippen molar-refractivity contribution in [3.63, 3.8) is 0 Å². The van der Waals surface area contributed by atoms with Crippen molar-refractivity contribution in [2.24, 2.45) is 11.7 Å². The van der Waals surface area contributed by atoms with Crippen molar-refractivity contribution in [3.05, 3.63) is 35.1 Å². The molecule has 1 heterocycles. The Hall–Kier alpha value is -0.930. The Morgan fingerprint density at radius 3 is 2.75 bits per heavy atom. The van der Waals surface area contributed by atoms with Gasteiger partial charge in [0.05, 0.1) is 0 Å². The molecule has 1 fully saturated rings. The van der Waals surface area contributed by atoms with Gasteiger partial charge in [0.2, 0.25) is 0 Å². The fraction of sp³-hybridized carbons (Fsp3) is 0.538. The lowest BCUT2D eigenvalue weighted by Crippen LogP contribution is -2.28. The van der Waals surface area contributed by atoms with Gasteiger partial charge in [-0.15, -0.1) is 0 Å². The summed E-state index contributed by atoms with van der Waals surface area (Å²) in [5.74, 6) is 0.148. The SMILES string of the molecule is Cc1ccc(F)c(C(N)C2CCOCC2)c1. The molecule has 0 aromatic heterocycles. The second kappa shape index (κ2) is 4.93. The molecule has 0 bridgehead atoms. The van der Waals surface area contributed by atoms with E-state index < -0.39 is 0 Å². The van der Waals surface area contributed by atoms with Crippen molar-refractivity contribution < 1.29 is 9.13 Å². The van der Waals surface area contributed by atoms with Crippen LogP contribution in [0.2, 0.25) is 0 Å². The number of hydrogen-bond acceptors (Lipinski definition) is 2. The number of rotatable bonds is 2. The molecule has 2 nitrogen and oxygen atoms in total. The summed E-state index contributed by atoms with van der Waals surface area (Å²) in [7, 11) is 0. The molecule has 3 heteroatoms. The smallest absolute Gasteiger partial charge is 0.127 e. The Balaban J connectivity index is 2.18. The molecule has 88 valence electrons. The molecule has 0 radical (unpaired) electrons. The fourth-order valence-corrected chi connectivity index (χ4v) is 2.25. The maximum absolute atomic E-state index is 13.7. The van der Waals surface area contributed by atoms with Gasteiger partial charge in [0.15, 0.2) is 0 Å². The molecule has 0 aliphatic carbocycles. The van der Waals surface area contributed by atoms with Gasteiger partial charge in [-0.3, -0.25) is 0 Å². The number of hydrogen-bond donors (Lipinski definition) is 1. The van der Waals surface area contributed by atoms with Crippen LogP contribution in [0.15, 0.2) is 18.2 Å². The second-order valence-electron chi connectivity index (χ2n) is 4.50. The van der Waals surface area contributed by atoms with E-state index in [1.807, 2.05) is 13.0 Å². The van der Waals surface area contributed by atoms with Gasteiger partial charge in [0, 0.05) is 24.8 Å². The van der Waals surface area contributed by atoms with E-state index in [1.54, 1.807) is 6.07 Å². The highest BCUT2D eigenvalue weighted by molar-refractivity contribution is 5.27. The monoisotopic (exact) mass is 223 g/mol. The van der Waals surface area contributed by atoms with Gasteiger partial charge >= 0.3 is 0 Å². The van der Waals surface area contributed by atoms with Crippen LogP contribution in [-0.2, 0) is 4.74 Å². The summed E-state index contributed by atoms with van der Waals surface area (Å²) in [6, 6.07) is 4.93. The first kappa shape index (κ1) is 11.6. The van der Waals surface area contributed by atoms with Crippen molar-refractivity contribution in [2.75, 3.05) is 13.2 Å². The van der Waals surface area contributed by atoms with Crippen LogP contribution < -0.4 is 5.73 Å². The van der Waals surface area contributed by atoms with Crippen LogP contribution in [0.4, 0.5) is 4.39 Å². The largest absolute Gasteiger partial charge is 0.381 e. The maximum Gasteiger partial charge on any atom is 0.127 e. The standard InChI is InChI=1S/C13H18FNO/c1-9-2-3-12(14)11(8-9)13(15)10-4-6-16-7-5-10/h2-3,8,10,13H,4-7,15H2,1H3. The van der Waals surface area contributed by atoms with E-state index in [2.05, 4.69) is 0 Å². The van der Waals surface area contributed by atoms with E-state index in [-0.39, 0.29) is 11.9 Å². The Morgan fingerprint density at radius 1 is 1.38 bits per heavy atom. The van der Waals surface area contributed by atoms with Crippen LogP contribution in [0.1, 0.15) is 30.0 Å².